The molecule has 144 valence electrons. The van der Waals surface area contributed by atoms with E-state index < -0.39 is 0 Å². The molecule has 0 spiro atoms. The predicted octanol–water partition coefficient (Wildman–Crippen LogP) is 7.86. The second-order valence-electron chi connectivity index (χ2n) is 11.7. The molecule has 4 aliphatic rings. The van der Waals surface area contributed by atoms with Crippen molar-refractivity contribution in [2.24, 2.45) is 45.8 Å². The smallest absolute Gasteiger partial charge is 0.0258 e. The Morgan fingerprint density at radius 3 is 2.12 bits per heavy atom. The molecule has 4 rings (SSSR count). The summed E-state index contributed by atoms with van der Waals surface area (Å²) in [5.74, 6) is 5.08. The second-order valence-corrected chi connectivity index (χ2v) is 11.7. The summed E-state index contributed by atoms with van der Waals surface area (Å²) in [6.45, 7) is 13.2. The molecule has 7 atom stereocenters. The maximum Gasteiger partial charge on any atom is -0.0258 e. The maximum atomic E-state index is 2.76. The molecule has 0 aromatic carbocycles. The van der Waals surface area contributed by atoms with Crippen LogP contribution in [0.2, 0.25) is 0 Å². The van der Waals surface area contributed by atoms with Gasteiger partial charge >= 0.3 is 0 Å². The van der Waals surface area contributed by atoms with E-state index in [-0.39, 0.29) is 0 Å². The van der Waals surface area contributed by atoms with Gasteiger partial charge < -0.3 is 0 Å². The molecule has 0 saturated heterocycles. The van der Waals surface area contributed by atoms with Gasteiger partial charge in [-0.05, 0) is 84.4 Å². The lowest BCUT2D eigenvalue weighted by Crippen LogP contribution is -2.45. The lowest BCUT2D eigenvalue weighted by Gasteiger charge is -2.53. The third kappa shape index (κ3) is 2.75. The van der Waals surface area contributed by atoms with E-state index in [0.717, 1.165) is 29.6 Å². The highest BCUT2D eigenvalue weighted by atomic mass is 14.7. The summed E-state index contributed by atoms with van der Waals surface area (Å²) in [6.07, 6.45) is 18.2. The zero-order chi connectivity index (χ0) is 17.9. The maximum absolute atomic E-state index is 2.76. The number of hydrogen-bond acceptors (Lipinski definition) is 0. The van der Waals surface area contributed by atoms with Crippen molar-refractivity contribution in [2.45, 2.75) is 112 Å². The van der Waals surface area contributed by atoms with Gasteiger partial charge in [0.15, 0.2) is 0 Å². The minimum Gasteiger partial charge on any atom is -0.0649 e. The zero-order valence-electron chi connectivity index (χ0n) is 17.9. The molecule has 25 heavy (non-hydrogen) atoms. The highest BCUT2D eigenvalue weighted by molar-refractivity contribution is 5.14. The van der Waals surface area contributed by atoms with Gasteiger partial charge in [0.2, 0.25) is 0 Å². The summed E-state index contributed by atoms with van der Waals surface area (Å²) in [4.78, 5) is 0. The van der Waals surface area contributed by atoms with E-state index >= 15 is 0 Å². The summed E-state index contributed by atoms with van der Waals surface area (Å²) >= 11 is 0. The van der Waals surface area contributed by atoms with Crippen LogP contribution in [0.25, 0.3) is 0 Å². The standard InChI is InChI=1S/C25H44/c1-6-25(13-8-7-9-14-25)17-24(5)19(3)23(4)15-21(22(24)16-23)20-12-10-11-18(20)2/h18-22H,6-17H2,1-5H3/t18?,19?,20?,21?,22-,23-,24?/m1/s1. The van der Waals surface area contributed by atoms with Crippen LogP contribution in [-0.2, 0) is 0 Å². The highest BCUT2D eigenvalue weighted by Crippen LogP contribution is 2.73. The van der Waals surface area contributed by atoms with Gasteiger partial charge in [-0.15, -0.1) is 0 Å². The van der Waals surface area contributed by atoms with Gasteiger partial charge in [0.25, 0.3) is 0 Å². The first-order valence-electron chi connectivity index (χ1n) is 11.8. The topological polar surface area (TPSA) is 0 Å². The molecular formula is C25H44. The summed E-state index contributed by atoms with van der Waals surface area (Å²) in [6, 6.07) is 0. The Bertz CT molecular complexity index is 486. The zero-order valence-corrected chi connectivity index (χ0v) is 17.9. The molecule has 0 aromatic heterocycles. The first kappa shape index (κ1) is 18.4. The second kappa shape index (κ2) is 6.27. The molecule has 4 fully saturated rings. The van der Waals surface area contributed by atoms with Gasteiger partial charge in [0.05, 0.1) is 0 Å². The molecule has 0 N–H and O–H groups in total. The van der Waals surface area contributed by atoms with Crippen molar-refractivity contribution in [1.29, 1.82) is 0 Å². The third-order valence-electron chi connectivity index (χ3n) is 10.7. The fourth-order valence-electron chi connectivity index (χ4n) is 8.92. The SMILES string of the molecule is CCC1(CC2(C)C(C)[C@]3(C)CC(C4CCCC4C)[C@H]2C3)CCCCC1. The number of fused-ring (bicyclic) bond motifs is 2. The quantitative estimate of drug-likeness (QED) is 0.487. The summed E-state index contributed by atoms with van der Waals surface area (Å²) in [5.41, 5.74) is 1.96. The Morgan fingerprint density at radius 2 is 1.56 bits per heavy atom. The highest BCUT2D eigenvalue weighted by Gasteiger charge is 2.65. The van der Waals surface area contributed by atoms with Crippen LogP contribution < -0.4 is 0 Å². The minimum atomic E-state index is 0.618. The molecule has 0 heteroatoms. The molecule has 0 amide bonds. The Morgan fingerprint density at radius 1 is 0.840 bits per heavy atom. The lowest BCUT2D eigenvalue weighted by atomic mass is 9.52. The first-order valence-corrected chi connectivity index (χ1v) is 11.8. The number of hydrogen-bond donors (Lipinski definition) is 0. The van der Waals surface area contributed by atoms with Crippen LogP contribution in [0.5, 0.6) is 0 Å². The van der Waals surface area contributed by atoms with Gasteiger partial charge in [-0.25, -0.2) is 0 Å². The number of rotatable bonds is 4. The normalized spacial score (nSPS) is 52.0. The van der Waals surface area contributed by atoms with Crippen LogP contribution >= 0.6 is 0 Å². The van der Waals surface area contributed by atoms with E-state index in [1.54, 1.807) is 25.7 Å². The molecule has 0 aromatic rings. The van der Waals surface area contributed by atoms with Crippen LogP contribution in [0, 0.1) is 45.8 Å². The van der Waals surface area contributed by atoms with Crippen LogP contribution in [0.1, 0.15) is 112 Å². The van der Waals surface area contributed by atoms with Crippen molar-refractivity contribution in [3.05, 3.63) is 0 Å². The van der Waals surface area contributed by atoms with E-state index in [1.807, 2.05) is 0 Å². The van der Waals surface area contributed by atoms with Gasteiger partial charge in [-0.1, -0.05) is 73.1 Å². The van der Waals surface area contributed by atoms with E-state index in [4.69, 9.17) is 0 Å². The molecule has 4 saturated carbocycles. The van der Waals surface area contributed by atoms with Crippen LogP contribution in [0.3, 0.4) is 0 Å². The average Bonchev–Trinajstić information content (AvgIpc) is 3.22. The van der Waals surface area contributed by atoms with Crippen LogP contribution in [0.4, 0.5) is 0 Å². The third-order valence-corrected chi connectivity index (χ3v) is 10.7. The van der Waals surface area contributed by atoms with Gasteiger partial charge in [0, 0.05) is 0 Å². The van der Waals surface area contributed by atoms with Crippen molar-refractivity contribution < 1.29 is 0 Å². The Kier molecular flexibility index (Phi) is 4.61. The molecular weight excluding hydrogens is 300 g/mol. The minimum absolute atomic E-state index is 0.618. The molecule has 4 aliphatic carbocycles. The van der Waals surface area contributed by atoms with Crippen molar-refractivity contribution in [1.82, 2.24) is 0 Å². The predicted molar refractivity (Wildman–Crippen MR) is 109 cm³/mol. The molecule has 2 bridgehead atoms. The Balaban J connectivity index is 1.61. The van der Waals surface area contributed by atoms with Gasteiger partial charge in [-0.2, -0.15) is 0 Å². The summed E-state index contributed by atoms with van der Waals surface area (Å²) < 4.78 is 0. The van der Waals surface area contributed by atoms with Gasteiger partial charge in [-0.3, -0.25) is 0 Å². The van der Waals surface area contributed by atoms with Crippen LogP contribution in [0.15, 0.2) is 0 Å². The molecule has 0 nitrogen and oxygen atoms in total. The fraction of sp³-hybridized carbons (Fsp3) is 1.00. The van der Waals surface area contributed by atoms with E-state index in [2.05, 4.69) is 34.6 Å². The first-order chi connectivity index (χ1) is 11.8. The van der Waals surface area contributed by atoms with Crippen molar-refractivity contribution in [3.63, 3.8) is 0 Å². The van der Waals surface area contributed by atoms with E-state index in [1.165, 1.54) is 51.4 Å². The van der Waals surface area contributed by atoms with Crippen molar-refractivity contribution in [3.8, 4) is 0 Å². The summed E-state index contributed by atoms with van der Waals surface area (Å²) in [7, 11) is 0. The van der Waals surface area contributed by atoms with E-state index in [9.17, 15) is 0 Å². The van der Waals surface area contributed by atoms with Crippen molar-refractivity contribution in [2.75, 3.05) is 0 Å². The van der Waals surface area contributed by atoms with Crippen molar-refractivity contribution >= 4 is 0 Å². The largest absolute Gasteiger partial charge is 0.0649 e. The average molecular weight is 345 g/mol. The summed E-state index contributed by atoms with van der Waals surface area (Å²) in [5, 5.41) is 0. The molecule has 0 heterocycles. The monoisotopic (exact) mass is 344 g/mol. The fourth-order valence-corrected chi connectivity index (χ4v) is 8.92. The van der Waals surface area contributed by atoms with E-state index in [0.29, 0.717) is 16.2 Å². The van der Waals surface area contributed by atoms with Crippen LogP contribution in [-0.4, -0.2) is 0 Å². The molecule has 5 unspecified atom stereocenters. The Labute approximate surface area is 157 Å². The Hall–Kier alpha value is 0. The molecule has 0 radical (unpaired) electrons. The lowest BCUT2D eigenvalue weighted by molar-refractivity contribution is -0.0410. The molecule has 0 aliphatic heterocycles. The van der Waals surface area contributed by atoms with Gasteiger partial charge in [0.1, 0.15) is 0 Å².